The van der Waals surface area contributed by atoms with E-state index in [4.69, 9.17) is 0 Å². The van der Waals surface area contributed by atoms with Gasteiger partial charge in [0.05, 0.1) is 0 Å². The van der Waals surface area contributed by atoms with Gasteiger partial charge in [0, 0.05) is 12.4 Å². The molecule has 0 amide bonds. The third-order valence-electron chi connectivity index (χ3n) is 1.08. The van der Waals surface area contributed by atoms with Crippen molar-refractivity contribution in [3.63, 3.8) is 0 Å². The number of aromatic amines is 1. The molecule has 1 aromatic heterocycles. The van der Waals surface area contributed by atoms with Gasteiger partial charge in [0.25, 0.3) is 0 Å². The minimum Gasteiger partial charge on any atom is -0.345 e. The van der Waals surface area contributed by atoms with Crippen molar-refractivity contribution in [1.29, 1.82) is 0 Å². The van der Waals surface area contributed by atoms with Crippen LogP contribution >= 0.6 is 0 Å². The summed E-state index contributed by atoms with van der Waals surface area (Å²) in [6.45, 7) is 5.98. The molecule has 1 heterocycles. The lowest BCUT2D eigenvalue weighted by Gasteiger charge is -1.78. The van der Waals surface area contributed by atoms with E-state index >= 15 is 0 Å². The van der Waals surface area contributed by atoms with Crippen molar-refractivity contribution in [3.8, 4) is 0 Å². The van der Waals surface area contributed by atoms with Crippen LogP contribution in [0.4, 0.5) is 0 Å². The van der Waals surface area contributed by atoms with E-state index in [0.717, 1.165) is 5.82 Å². The molecule has 66 valence electrons. The first-order chi connectivity index (χ1) is 5.93. The summed E-state index contributed by atoms with van der Waals surface area (Å²) in [5.41, 5.74) is 0. The molecule has 0 spiro atoms. The van der Waals surface area contributed by atoms with Crippen LogP contribution in [-0.4, -0.2) is 9.97 Å². The first-order valence-electron chi connectivity index (χ1n) is 4.22. The van der Waals surface area contributed by atoms with Crippen molar-refractivity contribution in [1.82, 2.24) is 9.97 Å². The average molecular weight is 164 g/mol. The summed E-state index contributed by atoms with van der Waals surface area (Å²) in [5.74, 6) is 0.887. The smallest absolute Gasteiger partial charge is 0.129 e. The Labute approximate surface area is 74.0 Å². The molecule has 1 aromatic rings. The number of hydrogen-bond acceptors (Lipinski definition) is 1. The summed E-state index contributed by atoms with van der Waals surface area (Å²) in [7, 11) is 0. The third-order valence-corrected chi connectivity index (χ3v) is 1.08. The monoisotopic (exact) mass is 164 g/mol. The summed E-state index contributed by atoms with van der Waals surface area (Å²) >= 11 is 0. The highest BCUT2D eigenvalue weighted by Gasteiger charge is 1.81. The number of H-pyrrole nitrogens is 1. The molecule has 0 unspecified atom stereocenters. The SMILES string of the molecule is C/C=C\C=C/c1ncc[nH]1.CC. The van der Waals surface area contributed by atoms with Gasteiger partial charge in [0.1, 0.15) is 5.82 Å². The fraction of sp³-hybridized carbons (Fsp3) is 0.300. The van der Waals surface area contributed by atoms with Crippen molar-refractivity contribution < 1.29 is 0 Å². The Bertz CT molecular complexity index is 220. The lowest BCUT2D eigenvalue weighted by molar-refractivity contribution is 1.26. The Kier molecular flexibility index (Phi) is 6.94. The van der Waals surface area contributed by atoms with Crippen LogP contribution < -0.4 is 0 Å². The molecule has 1 rings (SSSR count). The molecule has 0 aromatic carbocycles. The molecule has 0 aliphatic heterocycles. The predicted molar refractivity (Wildman–Crippen MR) is 53.8 cm³/mol. The van der Waals surface area contributed by atoms with E-state index in [9.17, 15) is 0 Å². The lowest BCUT2D eigenvalue weighted by Crippen LogP contribution is -1.70. The van der Waals surface area contributed by atoms with E-state index in [0.29, 0.717) is 0 Å². The summed E-state index contributed by atoms with van der Waals surface area (Å²) in [4.78, 5) is 6.98. The molecular weight excluding hydrogens is 148 g/mol. The van der Waals surface area contributed by atoms with Crippen LogP contribution in [-0.2, 0) is 0 Å². The van der Waals surface area contributed by atoms with E-state index < -0.39 is 0 Å². The first kappa shape index (κ1) is 10.7. The van der Waals surface area contributed by atoms with E-state index in [1.54, 1.807) is 12.4 Å². The Balaban J connectivity index is 0.000000561. The molecule has 12 heavy (non-hydrogen) atoms. The van der Waals surface area contributed by atoms with Crippen molar-refractivity contribution in [3.05, 3.63) is 36.4 Å². The van der Waals surface area contributed by atoms with Gasteiger partial charge in [-0.3, -0.25) is 0 Å². The van der Waals surface area contributed by atoms with Crippen LogP contribution in [0.25, 0.3) is 6.08 Å². The summed E-state index contributed by atoms with van der Waals surface area (Å²) < 4.78 is 0. The number of nitrogens with one attached hydrogen (secondary N) is 1. The average Bonchev–Trinajstić information content (AvgIpc) is 2.61. The normalized spacial score (nSPS) is 10.2. The quantitative estimate of drug-likeness (QED) is 0.669. The molecule has 0 bridgehead atoms. The zero-order valence-electron chi connectivity index (χ0n) is 7.91. The van der Waals surface area contributed by atoms with Gasteiger partial charge in [0.15, 0.2) is 0 Å². The fourth-order valence-corrected chi connectivity index (χ4v) is 0.626. The second-order valence-corrected chi connectivity index (χ2v) is 1.86. The van der Waals surface area contributed by atoms with Gasteiger partial charge in [-0.25, -0.2) is 4.98 Å². The number of rotatable bonds is 2. The molecule has 2 heteroatoms. The number of imidazole rings is 1. The van der Waals surface area contributed by atoms with Crippen LogP contribution in [0.2, 0.25) is 0 Å². The van der Waals surface area contributed by atoms with E-state index in [1.165, 1.54) is 0 Å². The standard InChI is InChI=1S/C8H10N2.C2H6/c1-2-3-4-5-8-9-6-7-10-8;1-2/h2-7H,1H3,(H,9,10);1-2H3/b3-2-,5-4-;. The zero-order chi connectivity index (χ0) is 9.23. The number of nitrogens with zero attached hydrogens (tertiary/aromatic N) is 1. The van der Waals surface area contributed by atoms with Gasteiger partial charge < -0.3 is 4.98 Å². The van der Waals surface area contributed by atoms with E-state index in [2.05, 4.69) is 9.97 Å². The van der Waals surface area contributed by atoms with E-state index in [-0.39, 0.29) is 0 Å². The molecule has 0 saturated carbocycles. The number of hydrogen-bond donors (Lipinski definition) is 1. The van der Waals surface area contributed by atoms with Crippen LogP contribution in [0.3, 0.4) is 0 Å². The maximum Gasteiger partial charge on any atom is 0.129 e. The summed E-state index contributed by atoms with van der Waals surface area (Å²) in [5, 5.41) is 0. The second-order valence-electron chi connectivity index (χ2n) is 1.86. The molecule has 2 nitrogen and oxygen atoms in total. The summed E-state index contributed by atoms with van der Waals surface area (Å²) in [6, 6.07) is 0. The highest BCUT2D eigenvalue weighted by Crippen LogP contribution is 1.91. The Morgan fingerprint density at radius 3 is 2.58 bits per heavy atom. The van der Waals surface area contributed by atoms with Crippen molar-refractivity contribution in [2.45, 2.75) is 20.8 Å². The first-order valence-corrected chi connectivity index (χ1v) is 4.22. The zero-order valence-corrected chi connectivity index (χ0v) is 7.91. The number of allylic oxidation sites excluding steroid dienone is 3. The fourth-order valence-electron chi connectivity index (χ4n) is 0.626. The molecular formula is C10H16N2. The van der Waals surface area contributed by atoms with Crippen LogP contribution in [0.5, 0.6) is 0 Å². The molecule has 0 aliphatic carbocycles. The Morgan fingerprint density at radius 2 is 2.08 bits per heavy atom. The molecule has 0 atom stereocenters. The van der Waals surface area contributed by atoms with Gasteiger partial charge in [0.2, 0.25) is 0 Å². The Hall–Kier alpha value is -1.31. The van der Waals surface area contributed by atoms with Gasteiger partial charge in [-0.1, -0.05) is 32.1 Å². The second kappa shape index (κ2) is 7.79. The summed E-state index contributed by atoms with van der Waals surface area (Å²) in [6.07, 6.45) is 11.3. The minimum atomic E-state index is 0.887. The lowest BCUT2D eigenvalue weighted by atomic mass is 10.4. The third kappa shape index (κ3) is 4.50. The minimum absolute atomic E-state index is 0.887. The Morgan fingerprint density at radius 1 is 1.33 bits per heavy atom. The van der Waals surface area contributed by atoms with Crippen LogP contribution in [0.1, 0.15) is 26.6 Å². The van der Waals surface area contributed by atoms with Crippen LogP contribution in [0, 0.1) is 0 Å². The largest absolute Gasteiger partial charge is 0.345 e. The highest BCUT2D eigenvalue weighted by atomic mass is 14.9. The van der Waals surface area contributed by atoms with Crippen LogP contribution in [0.15, 0.2) is 30.6 Å². The highest BCUT2D eigenvalue weighted by molar-refractivity contribution is 5.42. The van der Waals surface area contributed by atoms with Crippen molar-refractivity contribution >= 4 is 6.08 Å². The molecule has 1 N–H and O–H groups in total. The topological polar surface area (TPSA) is 28.7 Å². The molecule has 0 saturated heterocycles. The molecule has 0 aliphatic rings. The van der Waals surface area contributed by atoms with E-state index in [1.807, 2.05) is 45.1 Å². The number of aromatic nitrogens is 2. The molecule has 0 radical (unpaired) electrons. The van der Waals surface area contributed by atoms with Crippen molar-refractivity contribution in [2.24, 2.45) is 0 Å². The maximum absolute atomic E-state index is 4.01. The van der Waals surface area contributed by atoms with Gasteiger partial charge in [-0.05, 0) is 13.0 Å². The predicted octanol–water partition coefficient (Wildman–Crippen LogP) is 3.03. The molecule has 0 fully saturated rings. The van der Waals surface area contributed by atoms with Gasteiger partial charge in [-0.2, -0.15) is 0 Å². The van der Waals surface area contributed by atoms with Gasteiger partial charge >= 0.3 is 0 Å². The maximum atomic E-state index is 4.01. The van der Waals surface area contributed by atoms with Gasteiger partial charge in [-0.15, -0.1) is 0 Å². The van der Waals surface area contributed by atoms with Crippen molar-refractivity contribution in [2.75, 3.05) is 0 Å².